The monoisotopic (exact) mass is 241 g/mol. The molecular formula is C11H12ClNO3. The molecule has 0 fully saturated rings. The normalized spacial score (nSPS) is 11.9. The van der Waals surface area contributed by atoms with Crippen LogP contribution >= 0.6 is 11.6 Å². The minimum absolute atomic E-state index is 0.240. The van der Waals surface area contributed by atoms with Crippen molar-refractivity contribution in [1.82, 2.24) is 5.32 Å². The highest BCUT2D eigenvalue weighted by Gasteiger charge is 2.21. The maximum atomic E-state index is 11.2. The Morgan fingerprint density at radius 2 is 2.19 bits per heavy atom. The minimum atomic E-state index is -1.11. The number of carbonyl (C=O) groups is 2. The van der Waals surface area contributed by atoms with Gasteiger partial charge in [0.1, 0.15) is 0 Å². The second-order valence-corrected chi connectivity index (χ2v) is 3.68. The maximum absolute atomic E-state index is 11.2. The number of hydrogen-bond donors (Lipinski definition) is 2. The number of hydrogen-bond acceptors (Lipinski definition) is 2. The quantitative estimate of drug-likeness (QED) is 0.847. The van der Waals surface area contributed by atoms with Crippen LogP contribution in [0.3, 0.4) is 0 Å². The summed E-state index contributed by atoms with van der Waals surface area (Å²) < 4.78 is 0. The lowest BCUT2D eigenvalue weighted by atomic mass is 10.1. The number of halogens is 1. The Balaban J connectivity index is 2.94. The lowest BCUT2D eigenvalue weighted by molar-refractivity contribution is -0.142. The third-order valence-electron chi connectivity index (χ3n) is 2.06. The molecule has 5 heteroatoms. The average Bonchev–Trinajstić information content (AvgIpc) is 2.25. The number of benzene rings is 1. The van der Waals surface area contributed by atoms with E-state index in [-0.39, 0.29) is 12.3 Å². The fourth-order valence-corrected chi connectivity index (χ4v) is 1.44. The van der Waals surface area contributed by atoms with Crippen molar-refractivity contribution >= 4 is 23.5 Å². The largest absolute Gasteiger partial charge is 0.479 e. The van der Waals surface area contributed by atoms with E-state index >= 15 is 0 Å². The van der Waals surface area contributed by atoms with E-state index in [0.717, 1.165) is 0 Å². The van der Waals surface area contributed by atoms with Crippen molar-refractivity contribution in [2.24, 2.45) is 0 Å². The summed E-state index contributed by atoms with van der Waals surface area (Å²) >= 11 is 5.76. The Labute approximate surface area is 98.2 Å². The van der Waals surface area contributed by atoms with Crippen molar-refractivity contribution in [2.45, 2.75) is 19.4 Å². The van der Waals surface area contributed by atoms with Crippen LogP contribution in [0.4, 0.5) is 0 Å². The molecule has 1 atom stereocenters. The van der Waals surface area contributed by atoms with Crippen molar-refractivity contribution in [3.63, 3.8) is 0 Å². The van der Waals surface area contributed by atoms with Gasteiger partial charge in [0, 0.05) is 11.4 Å². The van der Waals surface area contributed by atoms with E-state index < -0.39 is 12.0 Å². The molecule has 2 N–H and O–H groups in total. The van der Waals surface area contributed by atoms with E-state index in [9.17, 15) is 9.59 Å². The van der Waals surface area contributed by atoms with Crippen LogP contribution in [0.25, 0.3) is 0 Å². The highest BCUT2D eigenvalue weighted by Crippen LogP contribution is 2.18. The molecule has 4 nitrogen and oxygen atoms in total. The first-order chi connectivity index (χ1) is 7.54. The third kappa shape index (κ3) is 3.24. The number of aliphatic carboxylic acids is 1. The molecule has 0 aliphatic rings. The Morgan fingerprint density at radius 3 is 2.69 bits per heavy atom. The number of amides is 1. The van der Waals surface area contributed by atoms with Crippen molar-refractivity contribution < 1.29 is 14.7 Å². The molecule has 0 spiro atoms. The third-order valence-corrected chi connectivity index (χ3v) is 2.29. The average molecular weight is 242 g/mol. The van der Waals surface area contributed by atoms with Gasteiger partial charge in [-0.2, -0.15) is 0 Å². The van der Waals surface area contributed by atoms with Crippen LogP contribution in [0.1, 0.15) is 24.9 Å². The summed E-state index contributed by atoms with van der Waals surface area (Å²) in [5, 5.41) is 11.9. The number of carboxylic acid groups (broad SMARTS) is 1. The van der Waals surface area contributed by atoms with Crippen molar-refractivity contribution in [3.05, 3.63) is 34.9 Å². The van der Waals surface area contributed by atoms with Gasteiger partial charge < -0.3 is 10.4 Å². The summed E-state index contributed by atoms with van der Waals surface area (Å²) in [5.41, 5.74) is 0.460. The SMILES string of the molecule is CCC(=O)NC(C(=O)O)c1cccc(Cl)c1. The molecule has 0 radical (unpaired) electrons. The van der Waals surface area contributed by atoms with Gasteiger partial charge in [-0.15, -0.1) is 0 Å². The van der Waals surface area contributed by atoms with E-state index in [4.69, 9.17) is 16.7 Å². The number of rotatable bonds is 4. The molecule has 0 saturated heterocycles. The standard InChI is InChI=1S/C11H12ClNO3/c1-2-9(14)13-10(11(15)16)7-4-3-5-8(12)6-7/h3-6,10H,2H2,1H3,(H,13,14)(H,15,16). The minimum Gasteiger partial charge on any atom is -0.479 e. The van der Waals surface area contributed by atoms with Gasteiger partial charge in [0.2, 0.25) is 5.91 Å². The summed E-state index contributed by atoms with van der Waals surface area (Å²) in [6.45, 7) is 1.66. The molecule has 1 amide bonds. The van der Waals surface area contributed by atoms with Gasteiger partial charge in [-0.1, -0.05) is 30.7 Å². The van der Waals surface area contributed by atoms with E-state index in [1.165, 1.54) is 6.07 Å². The van der Waals surface area contributed by atoms with Crippen LogP contribution in [0, 0.1) is 0 Å². The lowest BCUT2D eigenvalue weighted by Crippen LogP contribution is -2.33. The summed E-state index contributed by atoms with van der Waals surface area (Å²) in [7, 11) is 0. The molecule has 0 aliphatic carbocycles. The molecule has 0 aromatic heterocycles. The first-order valence-electron chi connectivity index (χ1n) is 4.82. The topological polar surface area (TPSA) is 66.4 Å². The van der Waals surface area contributed by atoms with Crippen LogP contribution in [0.15, 0.2) is 24.3 Å². The van der Waals surface area contributed by atoms with E-state index in [1.807, 2.05) is 0 Å². The molecule has 0 heterocycles. The molecule has 0 saturated carbocycles. The van der Waals surface area contributed by atoms with E-state index in [0.29, 0.717) is 10.6 Å². The van der Waals surface area contributed by atoms with Crippen molar-refractivity contribution in [1.29, 1.82) is 0 Å². The van der Waals surface area contributed by atoms with Gasteiger partial charge in [-0.3, -0.25) is 4.79 Å². The predicted octanol–water partition coefficient (Wildman–Crippen LogP) is 1.99. The summed E-state index contributed by atoms with van der Waals surface area (Å²) in [4.78, 5) is 22.2. The first-order valence-corrected chi connectivity index (χ1v) is 5.20. The molecule has 0 aliphatic heterocycles. The molecule has 1 rings (SSSR count). The Kier molecular flexibility index (Phi) is 4.31. The highest BCUT2D eigenvalue weighted by molar-refractivity contribution is 6.30. The summed E-state index contributed by atoms with van der Waals surface area (Å²) in [6.07, 6.45) is 0.240. The Hall–Kier alpha value is -1.55. The van der Waals surface area contributed by atoms with Crippen LogP contribution < -0.4 is 5.32 Å². The molecule has 1 aromatic carbocycles. The van der Waals surface area contributed by atoms with Crippen LogP contribution in [0.5, 0.6) is 0 Å². The first kappa shape index (κ1) is 12.5. The smallest absolute Gasteiger partial charge is 0.330 e. The molecule has 86 valence electrons. The zero-order valence-corrected chi connectivity index (χ0v) is 9.49. The summed E-state index contributed by atoms with van der Waals surface area (Å²) in [6, 6.07) is 5.37. The highest BCUT2D eigenvalue weighted by atomic mass is 35.5. The molecular weight excluding hydrogens is 230 g/mol. The molecule has 16 heavy (non-hydrogen) atoms. The van der Waals surface area contributed by atoms with E-state index in [2.05, 4.69) is 5.32 Å². The van der Waals surface area contributed by atoms with Gasteiger partial charge in [-0.05, 0) is 17.7 Å². The number of carbonyl (C=O) groups excluding carboxylic acids is 1. The second-order valence-electron chi connectivity index (χ2n) is 3.25. The summed E-state index contributed by atoms with van der Waals surface area (Å²) in [5.74, 6) is -1.42. The van der Waals surface area contributed by atoms with Crippen LogP contribution in [-0.2, 0) is 9.59 Å². The molecule has 1 unspecified atom stereocenters. The van der Waals surface area contributed by atoms with Gasteiger partial charge >= 0.3 is 5.97 Å². The van der Waals surface area contributed by atoms with Gasteiger partial charge in [0.05, 0.1) is 0 Å². The fraction of sp³-hybridized carbons (Fsp3) is 0.273. The lowest BCUT2D eigenvalue weighted by Gasteiger charge is -2.14. The Bertz CT molecular complexity index is 406. The van der Waals surface area contributed by atoms with Crippen molar-refractivity contribution in [3.8, 4) is 0 Å². The van der Waals surface area contributed by atoms with E-state index in [1.54, 1.807) is 25.1 Å². The van der Waals surface area contributed by atoms with Crippen LogP contribution in [-0.4, -0.2) is 17.0 Å². The number of carboxylic acids is 1. The zero-order valence-electron chi connectivity index (χ0n) is 8.74. The zero-order chi connectivity index (χ0) is 12.1. The maximum Gasteiger partial charge on any atom is 0.330 e. The second kappa shape index (κ2) is 5.51. The fourth-order valence-electron chi connectivity index (χ4n) is 1.24. The van der Waals surface area contributed by atoms with Gasteiger partial charge in [0.15, 0.2) is 6.04 Å². The molecule has 0 bridgehead atoms. The Morgan fingerprint density at radius 1 is 1.50 bits per heavy atom. The van der Waals surface area contributed by atoms with Crippen LogP contribution in [0.2, 0.25) is 5.02 Å². The molecule has 1 aromatic rings. The predicted molar refractivity (Wildman–Crippen MR) is 60.3 cm³/mol. The van der Waals surface area contributed by atoms with Gasteiger partial charge in [0.25, 0.3) is 0 Å². The van der Waals surface area contributed by atoms with Gasteiger partial charge in [-0.25, -0.2) is 4.79 Å². The van der Waals surface area contributed by atoms with Crippen molar-refractivity contribution in [2.75, 3.05) is 0 Å². The number of nitrogens with one attached hydrogen (secondary N) is 1.